The van der Waals surface area contributed by atoms with Crippen molar-refractivity contribution in [1.82, 2.24) is 10.7 Å². The Balaban J connectivity index is 2.52. The van der Waals surface area contributed by atoms with Gasteiger partial charge in [0.05, 0.1) is 0 Å². The molecule has 0 bridgehead atoms. The quantitative estimate of drug-likeness (QED) is 0.232. The molecule has 0 heterocycles. The van der Waals surface area contributed by atoms with Crippen LogP contribution in [0.15, 0.2) is 4.99 Å². The van der Waals surface area contributed by atoms with Gasteiger partial charge in [0.15, 0.2) is 0 Å². The van der Waals surface area contributed by atoms with Crippen LogP contribution in [0.5, 0.6) is 0 Å². The zero-order chi connectivity index (χ0) is 13.4. The van der Waals surface area contributed by atoms with Gasteiger partial charge in [0.1, 0.15) is 0 Å². The summed E-state index contributed by atoms with van der Waals surface area (Å²) in [5.41, 5.74) is 2.71. The number of hydrogen-bond donors (Lipinski definition) is 3. The Morgan fingerprint density at radius 2 is 2.06 bits per heavy atom. The van der Waals surface area contributed by atoms with Crippen molar-refractivity contribution in [1.29, 1.82) is 0 Å². The molecule has 18 heavy (non-hydrogen) atoms. The number of guanidine groups is 1. The molecule has 0 amide bonds. The molecule has 0 saturated heterocycles. The van der Waals surface area contributed by atoms with Crippen LogP contribution in [0.2, 0.25) is 0 Å². The van der Waals surface area contributed by atoms with Crippen molar-refractivity contribution < 1.29 is 0 Å². The van der Waals surface area contributed by atoms with Crippen molar-refractivity contribution in [2.24, 2.45) is 22.7 Å². The van der Waals surface area contributed by atoms with Gasteiger partial charge >= 0.3 is 0 Å². The monoisotopic (exact) mass is 254 g/mol. The largest absolute Gasteiger partial charge is 0.352 e. The van der Waals surface area contributed by atoms with Gasteiger partial charge in [0, 0.05) is 12.6 Å². The molecule has 2 unspecified atom stereocenters. The van der Waals surface area contributed by atoms with E-state index in [-0.39, 0.29) is 0 Å². The number of unbranched alkanes of at least 4 members (excludes halogenated alkanes) is 1. The minimum atomic E-state index is 0.523. The Labute approximate surface area is 112 Å². The molecule has 0 aromatic carbocycles. The molecule has 0 aliphatic heterocycles. The third-order valence-corrected chi connectivity index (χ3v) is 3.92. The van der Waals surface area contributed by atoms with Crippen LogP contribution in [-0.2, 0) is 0 Å². The fourth-order valence-electron chi connectivity index (χ4n) is 2.79. The summed E-state index contributed by atoms with van der Waals surface area (Å²) < 4.78 is 0. The number of nitrogens with one attached hydrogen (secondary N) is 2. The maximum absolute atomic E-state index is 5.55. The second kappa shape index (κ2) is 8.35. The Hall–Kier alpha value is -0.770. The lowest BCUT2D eigenvalue weighted by Crippen LogP contribution is -2.50. The molecule has 1 aliphatic rings. The van der Waals surface area contributed by atoms with Gasteiger partial charge in [-0.3, -0.25) is 10.4 Å². The molecule has 1 saturated carbocycles. The molecule has 1 aliphatic carbocycles. The minimum absolute atomic E-state index is 0.523. The lowest BCUT2D eigenvalue weighted by Gasteiger charge is -2.35. The first-order valence-electron chi connectivity index (χ1n) is 7.46. The minimum Gasteiger partial charge on any atom is -0.352 e. The van der Waals surface area contributed by atoms with Crippen molar-refractivity contribution in [3.63, 3.8) is 0 Å². The normalized spacial score (nSPS) is 25.3. The van der Waals surface area contributed by atoms with E-state index in [4.69, 9.17) is 5.84 Å². The van der Waals surface area contributed by atoms with E-state index in [1.54, 1.807) is 0 Å². The van der Waals surface area contributed by atoms with Crippen LogP contribution in [0.25, 0.3) is 0 Å². The Morgan fingerprint density at radius 1 is 1.33 bits per heavy atom. The first-order chi connectivity index (χ1) is 8.69. The molecule has 4 N–H and O–H groups in total. The van der Waals surface area contributed by atoms with Gasteiger partial charge in [0.25, 0.3) is 0 Å². The fraction of sp³-hybridized carbons (Fsp3) is 0.929. The maximum atomic E-state index is 5.55. The third kappa shape index (κ3) is 4.84. The highest BCUT2D eigenvalue weighted by atomic mass is 15.3. The van der Waals surface area contributed by atoms with E-state index >= 15 is 0 Å². The van der Waals surface area contributed by atoms with Gasteiger partial charge in [-0.2, -0.15) is 0 Å². The Kier molecular flexibility index (Phi) is 7.09. The Morgan fingerprint density at radius 3 is 2.67 bits per heavy atom. The van der Waals surface area contributed by atoms with Gasteiger partial charge < -0.3 is 5.32 Å². The zero-order valence-electron chi connectivity index (χ0n) is 12.2. The van der Waals surface area contributed by atoms with E-state index in [1.165, 1.54) is 32.1 Å². The second-order valence-electron chi connectivity index (χ2n) is 5.67. The number of rotatable bonds is 5. The average Bonchev–Trinajstić information content (AvgIpc) is 2.38. The molecule has 0 aromatic rings. The van der Waals surface area contributed by atoms with Gasteiger partial charge in [-0.05, 0) is 31.1 Å². The molecular formula is C14H30N4. The highest BCUT2D eigenvalue weighted by Crippen LogP contribution is 2.30. The molecule has 2 atom stereocenters. The summed E-state index contributed by atoms with van der Waals surface area (Å²) in [6.45, 7) is 7.65. The summed E-state index contributed by atoms with van der Waals surface area (Å²) >= 11 is 0. The van der Waals surface area contributed by atoms with Crippen LogP contribution in [0, 0.1) is 11.8 Å². The fourth-order valence-corrected chi connectivity index (χ4v) is 2.79. The summed E-state index contributed by atoms with van der Waals surface area (Å²) in [6.07, 6.45) is 7.51. The van der Waals surface area contributed by atoms with Gasteiger partial charge in [-0.1, -0.05) is 40.0 Å². The molecule has 4 heteroatoms. The van der Waals surface area contributed by atoms with Crippen LogP contribution >= 0.6 is 0 Å². The lowest BCUT2D eigenvalue weighted by atomic mass is 9.78. The van der Waals surface area contributed by atoms with Crippen molar-refractivity contribution in [2.45, 2.75) is 65.3 Å². The molecule has 1 rings (SSSR count). The predicted octanol–water partition coefficient (Wildman–Crippen LogP) is 2.41. The first-order valence-corrected chi connectivity index (χ1v) is 7.46. The van der Waals surface area contributed by atoms with Crippen LogP contribution in [-0.4, -0.2) is 18.5 Å². The summed E-state index contributed by atoms with van der Waals surface area (Å²) in [5, 5.41) is 3.51. The number of hydrazine groups is 1. The topological polar surface area (TPSA) is 62.4 Å². The highest BCUT2D eigenvalue weighted by Gasteiger charge is 2.27. The summed E-state index contributed by atoms with van der Waals surface area (Å²) in [7, 11) is 0. The SMILES string of the molecule is CCCCN=C(NN)NC1CCCCC1C(C)C. The van der Waals surface area contributed by atoms with Crippen LogP contribution in [0.3, 0.4) is 0 Å². The third-order valence-electron chi connectivity index (χ3n) is 3.92. The van der Waals surface area contributed by atoms with Crippen LogP contribution in [0.4, 0.5) is 0 Å². The van der Waals surface area contributed by atoms with Crippen LogP contribution < -0.4 is 16.6 Å². The molecule has 0 aromatic heterocycles. The predicted molar refractivity (Wildman–Crippen MR) is 78.3 cm³/mol. The summed E-state index contributed by atoms with van der Waals surface area (Å²) in [6, 6.07) is 0.523. The van der Waals surface area contributed by atoms with Crippen LogP contribution in [0.1, 0.15) is 59.3 Å². The van der Waals surface area contributed by atoms with Crippen molar-refractivity contribution in [3.8, 4) is 0 Å². The van der Waals surface area contributed by atoms with E-state index in [0.29, 0.717) is 6.04 Å². The second-order valence-corrected chi connectivity index (χ2v) is 5.67. The smallest absolute Gasteiger partial charge is 0.205 e. The average molecular weight is 254 g/mol. The molecular weight excluding hydrogens is 224 g/mol. The van der Waals surface area contributed by atoms with E-state index in [9.17, 15) is 0 Å². The molecule has 4 nitrogen and oxygen atoms in total. The van der Waals surface area contributed by atoms with Gasteiger partial charge in [0.2, 0.25) is 5.96 Å². The van der Waals surface area contributed by atoms with Gasteiger partial charge in [-0.25, -0.2) is 5.84 Å². The molecule has 0 radical (unpaired) electrons. The molecule has 106 valence electrons. The number of nitrogens with zero attached hydrogens (tertiary/aromatic N) is 1. The summed E-state index contributed by atoms with van der Waals surface area (Å²) in [5.74, 6) is 7.77. The van der Waals surface area contributed by atoms with Gasteiger partial charge in [-0.15, -0.1) is 0 Å². The van der Waals surface area contributed by atoms with E-state index < -0.39 is 0 Å². The number of nitrogens with two attached hydrogens (primary N) is 1. The lowest BCUT2D eigenvalue weighted by molar-refractivity contribution is 0.223. The zero-order valence-corrected chi connectivity index (χ0v) is 12.2. The molecule has 1 fully saturated rings. The van der Waals surface area contributed by atoms with E-state index in [2.05, 4.69) is 36.5 Å². The highest BCUT2D eigenvalue weighted by molar-refractivity contribution is 5.79. The van der Waals surface area contributed by atoms with Crippen molar-refractivity contribution >= 4 is 5.96 Å². The van der Waals surface area contributed by atoms with E-state index in [1.807, 2.05) is 0 Å². The van der Waals surface area contributed by atoms with Crippen molar-refractivity contribution in [3.05, 3.63) is 0 Å². The number of hydrogen-bond acceptors (Lipinski definition) is 2. The van der Waals surface area contributed by atoms with Crippen molar-refractivity contribution in [2.75, 3.05) is 6.54 Å². The maximum Gasteiger partial charge on any atom is 0.205 e. The first kappa shape index (κ1) is 15.3. The number of aliphatic imine (C=N–C) groups is 1. The Bertz CT molecular complexity index is 250. The summed E-state index contributed by atoms with van der Waals surface area (Å²) in [4.78, 5) is 4.49. The van der Waals surface area contributed by atoms with E-state index in [0.717, 1.165) is 30.8 Å². The molecule has 0 spiro atoms. The standard InChI is InChI=1S/C14H30N4/c1-4-5-10-16-14(18-15)17-13-9-7-6-8-12(13)11(2)3/h11-13H,4-10,15H2,1-3H3,(H2,16,17,18).